The van der Waals surface area contributed by atoms with Crippen LogP contribution in [-0.4, -0.2) is 44.4 Å². The van der Waals surface area contributed by atoms with Crippen LogP contribution in [0.4, 0.5) is 0 Å². The SMILES string of the molecule is CCOC1CC(NCCN=[N+]=[N-])(C(=O)OC)C1. The zero-order chi connectivity index (χ0) is 12.7. The molecule has 0 aromatic carbocycles. The van der Waals surface area contributed by atoms with Gasteiger partial charge in [-0.1, -0.05) is 5.11 Å². The molecule has 0 radical (unpaired) electrons. The Morgan fingerprint density at radius 1 is 1.65 bits per heavy atom. The van der Waals surface area contributed by atoms with Crippen LogP contribution in [0.1, 0.15) is 19.8 Å². The van der Waals surface area contributed by atoms with Crippen molar-refractivity contribution in [1.29, 1.82) is 0 Å². The summed E-state index contributed by atoms with van der Waals surface area (Å²) in [5.74, 6) is -0.283. The Balaban J connectivity index is 2.46. The van der Waals surface area contributed by atoms with Gasteiger partial charge in [-0.15, -0.1) is 0 Å². The molecule has 7 heteroatoms. The number of hydrogen-bond donors (Lipinski definition) is 1. The Morgan fingerprint density at radius 2 is 2.35 bits per heavy atom. The van der Waals surface area contributed by atoms with E-state index in [9.17, 15) is 4.79 Å². The van der Waals surface area contributed by atoms with Gasteiger partial charge in [0.15, 0.2) is 0 Å². The number of rotatable bonds is 7. The molecule has 0 heterocycles. The lowest BCUT2D eigenvalue weighted by Gasteiger charge is -2.45. The van der Waals surface area contributed by atoms with Crippen LogP contribution in [0.2, 0.25) is 0 Å². The molecule has 0 spiro atoms. The van der Waals surface area contributed by atoms with Crippen LogP contribution in [0.15, 0.2) is 5.11 Å². The van der Waals surface area contributed by atoms with Crippen molar-refractivity contribution in [3.63, 3.8) is 0 Å². The molecule has 1 N–H and O–H groups in total. The highest BCUT2D eigenvalue weighted by atomic mass is 16.5. The maximum absolute atomic E-state index is 11.7. The maximum Gasteiger partial charge on any atom is 0.326 e. The quantitative estimate of drug-likeness (QED) is 0.237. The first-order valence-corrected chi connectivity index (χ1v) is 5.64. The Hall–Kier alpha value is -1.30. The number of nitrogens with one attached hydrogen (secondary N) is 1. The number of esters is 1. The van der Waals surface area contributed by atoms with Gasteiger partial charge in [0.2, 0.25) is 0 Å². The van der Waals surface area contributed by atoms with Crippen molar-refractivity contribution >= 4 is 5.97 Å². The average Bonchev–Trinajstić information content (AvgIpc) is 2.29. The van der Waals surface area contributed by atoms with E-state index < -0.39 is 5.54 Å². The fraction of sp³-hybridized carbons (Fsp3) is 0.900. The Morgan fingerprint density at radius 3 is 2.88 bits per heavy atom. The fourth-order valence-corrected chi connectivity index (χ4v) is 2.04. The van der Waals surface area contributed by atoms with E-state index in [0.29, 0.717) is 32.5 Å². The minimum Gasteiger partial charge on any atom is -0.468 e. The number of carbonyl (C=O) groups is 1. The van der Waals surface area contributed by atoms with Crippen LogP contribution in [0.3, 0.4) is 0 Å². The second-order valence-electron chi connectivity index (χ2n) is 3.94. The van der Waals surface area contributed by atoms with Crippen molar-refractivity contribution in [2.24, 2.45) is 5.11 Å². The lowest BCUT2D eigenvalue weighted by Crippen LogP contribution is -2.64. The van der Waals surface area contributed by atoms with Crippen LogP contribution in [0.5, 0.6) is 0 Å². The monoisotopic (exact) mass is 242 g/mol. The molecule has 1 rings (SSSR count). The van der Waals surface area contributed by atoms with Gasteiger partial charge in [-0.3, -0.25) is 4.79 Å². The lowest BCUT2D eigenvalue weighted by molar-refractivity contribution is -0.161. The molecule has 0 unspecified atom stereocenters. The van der Waals surface area contributed by atoms with Crippen LogP contribution in [0.25, 0.3) is 10.4 Å². The smallest absolute Gasteiger partial charge is 0.326 e. The molecule has 0 aromatic heterocycles. The second kappa shape index (κ2) is 6.44. The van der Waals surface area contributed by atoms with Gasteiger partial charge in [-0.25, -0.2) is 0 Å². The molecule has 1 fully saturated rings. The molecular weight excluding hydrogens is 224 g/mol. The first-order chi connectivity index (χ1) is 8.18. The number of hydrogen-bond acceptors (Lipinski definition) is 5. The summed E-state index contributed by atoms with van der Waals surface area (Å²) in [6.45, 7) is 3.33. The third-order valence-corrected chi connectivity index (χ3v) is 2.87. The Labute approximate surface area is 100 Å². The molecule has 1 aliphatic rings. The molecule has 96 valence electrons. The van der Waals surface area contributed by atoms with Crippen LogP contribution in [0, 0.1) is 0 Å². The van der Waals surface area contributed by atoms with Crippen molar-refractivity contribution in [2.45, 2.75) is 31.4 Å². The molecule has 0 aromatic rings. The molecule has 17 heavy (non-hydrogen) atoms. The Bertz CT molecular complexity index is 309. The van der Waals surface area contributed by atoms with Gasteiger partial charge >= 0.3 is 5.97 Å². The van der Waals surface area contributed by atoms with Gasteiger partial charge in [0.1, 0.15) is 5.54 Å². The number of azide groups is 1. The van der Waals surface area contributed by atoms with E-state index in [4.69, 9.17) is 15.0 Å². The first-order valence-electron chi connectivity index (χ1n) is 5.64. The lowest BCUT2D eigenvalue weighted by atomic mass is 9.74. The van der Waals surface area contributed by atoms with Gasteiger partial charge in [0.25, 0.3) is 0 Å². The second-order valence-corrected chi connectivity index (χ2v) is 3.94. The van der Waals surface area contributed by atoms with E-state index in [1.165, 1.54) is 7.11 Å². The highest BCUT2D eigenvalue weighted by molar-refractivity contribution is 5.82. The van der Waals surface area contributed by atoms with Gasteiger partial charge in [-0.05, 0) is 12.5 Å². The number of ether oxygens (including phenoxy) is 2. The third kappa shape index (κ3) is 3.33. The zero-order valence-corrected chi connectivity index (χ0v) is 10.2. The molecule has 1 saturated carbocycles. The average molecular weight is 242 g/mol. The van der Waals surface area contributed by atoms with E-state index in [1.54, 1.807) is 0 Å². The molecule has 0 atom stereocenters. The van der Waals surface area contributed by atoms with Crippen molar-refractivity contribution in [1.82, 2.24) is 5.32 Å². The summed E-state index contributed by atoms with van der Waals surface area (Å²) in [4.78, 5) is 14.3. The summed E-state index contributed by atoms with van der Waals surface area (Å²) >= 11 is 0. The summed E-state index contributed by atoms with van der Waals surface area (Å²) in [5.41, 5.74) is 7.49. The van der Waals surface area contributed by atoms with E-state index >= 15 is 0 Å². The minimum atomic E-state index is -0.667. The first kappa shape index (κ1) is 13.8. The summed E-state index contributed by atoms with van der Waals surface area (Å²) in [7, 11) is 1.37. The zero-order valence-electron chi connectivity index (χ0n) is 10.2. The van der Waals surface area contributed by atoms with Crippen molar-refractivity contribution in [3.05, 3.63) is 10.4 Å². The van der Waals surface area contributed by atoms with E-state index in [2.05, 4.69) is 15.3 Å². The van der Waals surface area contributed by atoms with Crippen molar-refractivity contribution < 1.29 is 14.3 Å². The predicted octanol–water partition coefficient (Wildman–Crippen LogP) is 0.997. The number of methoxy groups -OCH3 is 1. The molecule has 0 saturated heterocycles. The molecule has 0 amide bonds. The standard InChI is InChI=1S/C10H18N4O3/c1-3-17-8-6-10(7-8,9(15)16-2)12-4-5-13-14-11/h8,12H,3-7H2,1-2H3. The normalized spacial score (nSPS) is 26.8. The Kier molecular flexibility index (Phi) is 5.21. The highest BCUT2D eigenvalue weighted by Gasteiger charge is 2.51. The van der Waals surface area contributed by atoms with Gasteiger partial charge < -0.3 is 14.8 Å². The fourth-order valence-electron chi connectivity index (χ4n) is 2.04. The van der Waals surface area contributed by atoms with Crippen molar-refractivity contribution in [2.75, 3.05) is 26.8 Å². The minimum absolute atomic E-state index is 0.103. The largest absolute Gasteiger partial charge is 0.468 e. The summed E-state index contributed by atoms with van der Waals surface area (Å²) in [6.07, 6.45) is 1.30. The van der Waals surface area contributed by atoms with Crippen LogP contribution in [-0.2, 0) is 14.3 Å². The summed E-state index contributed by atoms with van der Waals surface area (Å²) < 4.78 is 10.2. The summed E-state index contributed by atoms with van der Waals surface area (Å²) in [6, 6.07) is 0. The van der Waals surface area contributed by atoms with Crippen LogP contribution >= 0.6 is 0 Å². The number of carbonyl (C=O) groups excluding carboxylic acids is 1. The topological polar surface area (TPSA) is 96.3 Å². The molecule has 0 bridgehead atoms. The molecule has 7 nitrogen and oxygen atoms in total. The number of nitrogens with zero attached hydrogens (tertiary/aromatic N) is 3. The van der Waals surface area contributed by atoms with Gasteiger partial charge in [0.05, 0.1) is 13.2 Å². The van der Waals surface area contributed by atoms with Gasteiger partial charge in [-0.2, -0.15) is 0 Å². The predicted molar refractivity (Wildman–Crippen MR) is 61.4 cm³/mol. The van der Waals surface area contributed by atoms with Crippen LogP contribution < -0.4 is 5.32 Å². The van der Waals surface area contributed by atoms with E-state index in [0.717, 1.165) is 0 Å². The van der Waals surface area contributed by atoms with Crippen molar-refractivity contribution in [3.8, 4) is 0 Å². The molecule has 0 aliphatic heterocycles. The molecular formula is C10H18N4O3. The summed E-state index contributed by atoms with van der Waals surface area (Å²) in [5, 5.41) is 6.50. The molecule has 1 aliphatic carbocycles. The maximum atomic E-state index is 11.7. The highest BCUT2D eigenvalue weighted by Crippen LogP contribution is 2.35. The van der Waals surface area contributed by atoms with Gasteiger partial charge in [0, 0.05) is 37.4 Å². The third-order valence-electron chi connectivity index (χ3n) is 2.87. The van der Waals surface area contributed by atoms with E-state index in [-0.39, 0.29) is 12.1 Å². The van der Waals surface area contributed by atoms with E-state index in [1.807, 2.05) is 6.92 Å².